The van der Waals surface area contributed by atoms with Crippen molar-refractivity contribution in [1.29, 1.82) is 0 Å². The van der Waals surface area contributed by atoms with Crippen molar-refractivity contribution in [2.45, 2.75) is 30.6 Å². The summed E-state index contributed by atoms with van der Waals surface area (Å²) in [7, 11) is -1.49. The van der Waals surface area contributed by atoms with Gasteiger partial charge in [0.1, 0.15) is 5.75 Å². The van der Waals surface area contributed by atoms with Crippen molar-refractivity contribution < 1.29 is 13.2 Å². The van der Waals surface area contributed by atoms with Gasteiger partial charge in [-0.3, -0.25) is 0 Å². The first-order valence-corrected chi connectivity index (χ1v) is 8.97. The van der Waals surface area contributed by atoms with Crippen molar-refractivity contribution in [3.8, 4) is 5.75 Å². The van der Waals surface area contributed by atoms with Crippen LogP contribution < -0.4 is 14.8 Å². The van der Waals surface area contributed by atoms with Gasteiger partial charge < -0.3 is 10.1 Å². The molecule has 0 amide bonds. The topological polar surface area (TPSA) is 67.4 Å². The minimum atomic E-state index is -3.39. The zero-order valence-electron chi connectivity index (χ0n) is 12.5. The summed E-state index contributed by atoms with van der Waals surface area (Å²) >= 11 is 0. The minimum Gasteiger partial charge on any atom is -0.494 e. The van der Waals surface area contributed by atoms with E-state index in [1.807, 2.05) is 7.05 Å². The lowest BCUT2D eigenvalue weighted by molar-refractivity contribution is 0.309. The lowest BCUT2D eigenvalue weighted by Crippen LogP contribution is -2.32. The van der Waals surface area contributed by atoms with Crippen LogP contribution in [-0.4, -0.2) is 35.2 Å². The van der Waals surface area contributed by atoms with Gasteiger partial charge >= 0.3 is 0 Å². The van der Waals surface area contributed by atoms with Crippen molar-refractivity contribution in [3.63, 3.8) is 0 Å². The molecular formula is C15H24N2O3S. The molecule has 5 nitrogen and oxygen atoms in total. The highest BCUT2D eigenvalue weighted by molar-refractivity contribution is 7.89. The molecule has 21 heavy (non-hydrogen) atoms. The fraction of sp³-hybridized carbons (Fsp3) is 0.600. The van der Waals surface area contributed by atoms with Crippen LogP contribution in [0, 0.1) is 5.92 Å². The lowest BCUT2D eigenvalue weighted by Gasteiger charge is -2.25. The minimum absolute atomic E-state index is 0.296. The number of hydrogen-bond donors (Lipinski definition) is 2. The zero-order chi connectivity index (χ0) is 15.1. The molecule has 1 aliphatic rings. The maximum absolute atomic E-state index is 12.1. The Bertz CT molecular complexity index is 524. The fourth-order valence-electron chi connectivity index (χ4n) is 2.16. The van der Waals surface area contributed by atoms with E-state index in [4.69, 9.17) is 4.74 Å². The summed E-state index contributed by atoms with van der Waals surface area (Å²) in [6.45, 7) is 2.06. The Hall–Kier alpha value is -1.11. The summed E-state index contributed by atoms with van der Waals surface area (Å²) in [5, 5.41) is 3.05. The van der Waals surface area contributed by atoms with Crippen LogP contribution in [-0.2, 0) is 10.0 Å². The van der Waals surface area contributed by atoms with Crippen molar-refractivity contribution in [2.24, 2.45) is 5.92 Å². The molecule has 1 saturated carbocycles. The molecule has 1 fully saturated rings. The molecular weight excluding hydrogens is 288 g/mol. The molecule has 0 bridgehead atoms. The van der Waals surface area contributed by atoms with Gasteiger partial charge in [0.25, 0.3) is 0 Å². The Labute approximate surface area is 127 Å². The predicted molar refractivity (Wildman–Crippen MR) is 83.0 cm³/mol. The van der Waals surface area contributed by atoms with Crippen LogP contribution in [0.2, 0.25) is 0 Å². The van der Waals surface area contributed by atoms with E-state index in [0.29, 0.717) is 29.7 Å². The Morgan fingerprint density at radius 1 is 1.24 bits per heavy atom. The average Bonchev–Trinajstić information content (AvgIpc) is 2.42. The maximum atomic E-state index is 12.1. The molecule has 0 radical (unpaired) electrons. The highest BCUT2D eigenvalue weighted by Gasteiger charge is 2.21. The van der Waals surface area contributed by atoms with Crippen LogP contribution in [0.4, 0.5) is 0 Å². The molecule has 0 aliphatic heterocycles. The van der Waals surface area contributed by atoms with E-state index in [2.05, 4.69) is 10.0 Å². The van der Waals surface area contributed by atoms with Crippen LogP contribution in [0.1, 0.15) is 25.7 Å². The van der Waals surface area contributed by atoms with E-state index >= 15 is 0 Å². The normalized spacial score (nSPS) is 15.7. The smallest absolute Gasteiger partial charge is 0.240 e. The van der Waals surface area contributed by atoms with Crippen LogP contribution in [0.25, 0.3) is 0 Å². The van der Waals surface area contributed by atoms with E-state index in [1.54, 1.807) is 24.3 Å². The number of rotatable bonds is 9. The van der Waals surface area contributed by atoms with Crippen molar-refractivity contribution >= 4 is 10.0 Å². The Kier molecular flexibility index (Phi) is 6.02. The van der Waals surface area contributed by atoms with E-state index in [0.717, 1.165) is 25.8 Å². The summed E-state index contributed by atoms with van der Waals surface area (Å²) < 4.78 is 32.5. The second-order valence-corrected chi connectivity index (χ2v) is 7.19. The van der Waals surface area contributed by atoms with Crippen LogP contribution in [0.3, 0.4) is 0 Å². The van der Waals surface area contributed by atoms with Gasteiger partial charge in [0.15, 0.2) is 0 Å². The van der Waals surface area contributed by atoms with Gasteiger partial charge in [-0.05, 0) is 63.0 Å². The second-order valence-electron chi connectivity index (χ2n) is 5.43. The van der Waals surface area contributed by atoms with Crippen molar-refractivity contribution in [1.82, 2.24) is 10.0 Å². The summed E-state index contributed by atoms with van der Waals surface area (Å²) in [4.78, 5) is 0.296. The molecule has 0 atom stereocenters. The van der Waals surface area contributed by atoms with Crippen molar-refractivity contribution in [2.75, 3.05) is 26.7 Å². The number of nitrogens with one attached hydrogen (secondary N) is 2. The van der Waals surface area contributed by atoms with E-state index in [-0.39, 0.29) is 0 Å². The van der Waals surface area contributed by atoms with E-state index < -0.39 is 10.0 Å². The molecule has 0 unspecified atom stereocenters. The molecule has 0 saturated heterocycles. The molecule has 0 heterocycles. The monoisotopic (exact) mass is 312 g/mol. The quantitative estimate of drug-likeness (QED) is 0.682. The molecule has 1 aromatic carbocycles. The van der Waals surface area contributed by atoms with Gasteiger partial charge in [0.05, 0.1) is 11.5 Å². The Morgan fingerprint density at radius 2 is 1.95 bits per heavy atom. The molecule has 2 rings (SSSR count). The molecule has 6 heteroatoms. The first-order valence-electron chi connectivity index (χ1n) is 7.49. The summed E-state index contributed by atoms with van der Waals surface area (Å²) in [5.41, 5.74) is 0. The number of ether oxygens (including phenoxy) is 1. The van der Waals surface area contributed by atoms with Gasteiger partial charge in [-0.2, -0.15) is 0 Å². The third-order valence-electron chi connectivity index (χ3n) is 3.76. The van der Waals surface area contributed by atoms with Crippen molar-refractivity contribution in [3.05, 3.63) is 24.3 Å². The van der Waals surface area contributed by atoms with E-state index in [9.17, 15) is 8.42 Å². The fourth-order valence-corrected chi connectivity index (χ4v) is 3.28. The highest BCUT2D eigenvalue weighted by atomic mass is 32.2. The van der Waals surface area contributed by atoms with Gasteiger partial charge in [-0.15, -0.1) is 0 Å². The Morgan fingerprint density at radius 3 is 2.52 bits per heavy atom. The summed E-state index contributed by atoms with van der Waals surface area (Å²) in [6.07, 6.45) is 4.38. The van der Waals surface area contributed by atoms with Crippen LogP contribution >= 0.6 is 0 Å². The number of benzene rings is 1. The molecule has 2 N–H and O–H groups in total. The van der Waals surface area contributed by atoms with Gasteiger partial charge in [0.2, 0.25) is 10.0 Å². The maximum Gasteiger partial charge on any atom is 0.240 e. The second kappa shape index (κ2) is 7.77. The molecule has 1 aliphatic carbocycles. The molecule has 1 aromatic rings. The third-order valence-corrected chi connectivity index (χ3v) is 5.20. The first kappa shape index (κ1) is 16.3. The van der Waals surface area contributed by atoms with Gasteiger partial charge in [-0.25, -0.2) is 13.1 Å². The SMILES string of the molecule is CNCCCOc1ccc(S(=O)(=O)NCC2CCC2)cc1. The largest absolute Gasteiger partial charge is 0.494 e. The highest BCUT2D eigenvalue weighted by Crippen LogP contribution is 2.26. The third kappa shape index (κ3) is 4.98. The number of hydrogen-bond acceptors (Lipinski definition) is 4. The molecule has 118 valence electrons. The Balaban J connectivity index is 1.84. The van der Waals surface area contributed by atoms with E-state index in [1.165, 1.54) is 6.42 Å². The standard InChI is InChI=1S/C15H24N2O3S/c1-16-10-3-11-20-14-6-8-15(9-7-14)21(18,19)17-12-13-4-2-5-13/h6-9,13,16-17H,2-5,10-12H2,1H3. The summed E-state index contributed by atoms with van der Waals surface area (Å²) in [5.74, 6) is 1.21. The summed E-state index contributed by atoms with van der Waals surface area (Å²) in [6, 6.07) is 6.60. The average molecular weight is 312 g/mol. The zero-order valence-corrected chi connectivity index (χ0v) is 13.3. The molecule has 0 spiro atoms. The first-order chi connectivity index (χ1) is 10.1. The number of sulfonamides is 1. The van der Waals surface area contributed by atoms with Crippen LogP contribution in [0.5, 0.6) is 5.75 Å². The predicted octanol–water partition coefficient (Wildman–Crippen LogP) is 1.75. The van der Waals surface area contributed by atoms with Gasteiger partial charge in [0, 0.05) is 6.54 Å². The van der Waals surface area contributed by atoms with Crippen LogP contribution in [0.15, 0.2) is 29.2 Å². The van der Waals surface area contributed by atoms with Gasteiger partial charge in [-0.1, -0.05) is 6.42 Å². The lowest BCUT2D eigenvalue weighted by atomic mass is 9.86. The molecule has 0 aromatic heterocycles.